The van der Waals surface area contributed by atoms with Crippen LogP contribution in [0.25, 0.3) is 21.9 Å². The van der Waals surface area contributed by atoms with Gasteiger partial charge in [0.05, 0.1) is 10.9 Å². The number of nitrogens with one attached hydrogen (secondary N) is 1. The molecule has 1 aliphatic rings. The van der Waals surface area contributed by atoms with Crippen LogP contribution in [0.5, 0.6) is 5.75 Å². The van der Waals surface area contributed by atoms with Crippen molar-refractivity contribution < 1.29 is 13.9 Å². The fourth-order valence-corrected chi connectivity index (χ4v) is 3.80. The highest BCUT2D eigenvalue weighted by Gasteiger charge is 2.18. The minimum atomic E-state index is -0.446. The van der Waals surface area contributed by atoms with Crippen molar-refractivity contribution in [3.05, 3.63) is 70.5 Å². The van der Waals surface area contributed by atoms with Crippen LogP contribution in [0.1, 0.15) is 24.2 Å². The summed E-state index contributed by atoms with van der Waals surface area (Å²) in [6.45, 7) is -0.217. The van der Waals surface area contributed by atoms with Crippen molar-refractivity contribution in [1.29, 1.82) is 0 Å². The number of amides is 1. The number of para-hydroxylation sites is 1. The summed E-state index contributed by atoms with van der Waals surface area (Å²) in [7, 11) is 0. The third-order valence-corrected chi connectivity index (χ3v) is 5.21. The van der Waals surface area contributed by atoms with E-state index in [-0.39, 0.29) is 12.2 Å². The maximum absolute atomic E-state index is 12.4. The van der Waals surface area contributed by atoms with Crippen LogP contribution < -0.4 is 15.7 Å². The van der Waals surface area contributed by atoms with E-state index >= 15 is 0 Å². The predicted molar refractivity (Wildman–Crippen MR) is 109 cm³/mol. The first kappa shape index (κ1) is 17.5. The number of aromatic nitrogens is 2. The summed E-state index contributed by atoms with van der Waals surface area (Å²) in [5.74, 6) is 1.20. The molecule has 0 aliphatic heterocycles. The third-order valence-electron chi connectivity index (χ3n) is 5.21. The molecule has 1 aliphatic carbocycles. The van der Waals surface area contributed by atoms with Gasteiger partial charge in [-0.05, 0) is 49.6 Å². The van der Waals surface area contributed by atoms with Gasteiger partial charge in [-0.2, -0.15) is 0 Å². The number of hydrogen-bond acceptors (Lipinski definition) is 5. The number of furan rings is 1. The molecule has 0 saturated heterocycles. The Morgan fingerprint density at radius 1 is 1.14 bits per heavy atom. The van der Waals surface area contributed by atoms with E-state index in [9.17, 15) is 9.59 Å². The van der Waals surface area contributed by atoms with E-state index in [4.69, 9.17) is 9.15 Å². The second kappa shape index (κ2) is 7.09. The van der Waals surface area contributed by atoms with Crippen LogP contribution >= 0.6 is 0 Å². The van der Waals surface area contributed by atoms with Gasteiger partial charge in [0.25, 0.3) is 11.5 Å². The Labute approximate surface area is 165 Å². The van der Waals surface area contributed by atoms with Gasteiger partial charge in [0.1, 0.15) is 23.4 Å². The highest BCUT2D eigenvalue weighted by molar-refractivity contribution is 5.86. The summed E-state index contributed by atoms with van der Waals surface area (Å²) < 4.78 is 12.6. The van der Waals surface area contributed by atoms with E-state index in [0.29, 0.717) is 16.7 Å². The molecule has 7 heteroatoms. The lowest BCUT2D eigenvalue weighted by Gasteiger charge is -2.10. The average molecular weight is 389 g/mol. The SMILES string of the molecule is O=C(COc1ccc2oc3c(c2c1)CCCC3)Nn1cnc2ccccc2c1=O. The van der Waals surface area contributed by atoms with Gasteiger partial charge in [0.15, 0.2) is 6.61 Å². The maximum Gasteiger partial charge on any atom is 0.280 e. The molecule has 0 spiro atoms. The van der Waals surface area contributed by atoms with Gasteiger partial charge >= 0.3 is 0 Å². The quantitative estimate of drug-likeness (QED) is 0.579. The number of benzene rings is 2. The summed E-state index contributed by atoms with van der Waals surface area (Å²) >= 11 is 0. The molecule has 4 aromatic rings. The second-order valence-corrected chi connectivity index (χ2v) is 7.13. The van der Waals surface area contributed by atoms with Crippen molar-refractivity contribution in [2.45, 2.75) is 25.7 Å². The van der Waals surface area contributed by atoms with E-state index < -0.39 is 5.91 Å². The van der Waals surface area contributed by atoms with Crippen molar-refractivity contribution >= 4 is 27.8 Å². The average Bonchev–Trinajstić information content (AvgIpc) is 3.12. The molecule has 2 aromatic heterocycles. The molecule has 29 heavy (non-hydrogen) atoms. The lowest BCUT2D eigenvalue weighted by Crippen LogP contribution is -2.35. The number of fused-ring (bicyclic) bond motifs is 4. The molecule has 146 valence electrons. The third kappa shape index (κ3) is 3.24. The van der Waals surface area contributed by atoms with Gasteiger partial charge in [0.2, 0.25) is 0 Å². The zero-order valence-electron chi connectivity index (χ0n) is 15.7. The number of nitrogens with zero attached hydrogens (tertiary/aromatic N) is 2. The number of hydrogen-bond donors (Lipinski definition) is 1. The van der Waals surface area contributed by atoms with Gasteiger partial charge < -0.3 is 9.15 Å². The molecule has 2 aromatic carbocycles. The summed E-state index contributed by atoms with van der Waals surface area (Å²) in [6, 6.07) is 12.6. The lowest BCUT2D eigenvalue weighted by atomic mass is 9.96. The Balaban J connectivity index is 1.31. The van der Waals surface area contributed by atoms with E-state index in [2.05, 4.69) is 10.4 Å². The van der Waals surface area contributed by atoms with Gasteiger partial charge in [-0.1, -0.05) is 12.1 Å². The molecule has 0 saturated carbocycles. The molecule has 1 N–H and O–H groups in total. The van der Waals surface area contributed by atoms with Crippen molar-refractivity contribution in [2.75, 3.05) is 12.0 Å². The number of aryl methyl sites for hydroxylation is 2. The monoisotopic (exact) mass is 389 g/mol. The molecule has 1 amide bonds. The lowest BCUT2D eigenvalue weighted by molar-refractivity contribution is -0.119. The fourth-order valence-electron chi connectivity index (χ4n) is 3.80. The summed E-state index contributed by atoms with van der Waals surface area (Å²) in [6.07, 6.45) is 5.58. The van der Waals surface area contributed by atoms with Gasteiger partial charge in [0, 0.05) is 17.4 Å². The maximum atomic E-state index is 12.4. The smallest absolute Gasteiger partial charge is 0.280 e. The van der Waals surface area contributed by atoms with Crippen LogP contribution in [0.15, 0.2) is 58.0 Å². The Morgan fingerprint density at radius 3 is 2.93 bits per heavy atom. The molecule has 2 heterocycles. The Morgan fingerprint density at radius 2 is 2.00 bits per heavy atom. The molecule has 0 radical (unpaired) electrons. The minimum Gasteiger partial charge on any atom is -0.484 e. The molecule has 0 bridgehead atoms. The minimum absolute atomic E-state index is 0.217. The Hall–Kier alpha value is -3.61. The van der Waals surface area contributed by atoms with Gasteiger partial charge in [-0.15, -0.1) is 0 Å². The molecular weight excluding hydrogens is 370 g/mol. The van der Waals surface area contributed by atoms with Crippen LogP contribution in [-0.2, 0) is 17.6 Å². The molecular formula is C22H19N3O4. The molecule has 0 atom stereocenters. The number of carbonyl (C=O) groups excluding carboxylic acids is 1. The van der Waals surface area contributed by atoms with Crippen LogP contribution in [-0.4, -0.2) is 22.2 Å². The number of ether oxygens (including phenoxy) is 1. The van der Waals surface area contributed by atoms with E-state index in [1.165, 1.54) is 11.9 Å². The number of carbonyl (C=O) groups is 1. The van der Waals surface area contributed by atoms with E-state index in [0.717, 1.165) is 47.1 Å². The zero-order valence-corrected chi connectivity index (χ0v) is 15.7. The second-order valence-electron chi connectivity index (χ2n) is 7.13. The fraction of sp³-hybridized carbons (Fsp3) is 0.227. The van der Waals surface area contributed by atoms with Crippen molar-refractivity contribution in [3.8, 4) is 5.75 Å². The largest absolute Gasteiger partial charge is 0.484 e. The first-order valence-corrected chi connectivity index (χ1v) is 9.62. The summed E-state index contributed by atoms with van der Waals surface area (Å²) in [5, 5.41) is 1.49. The molecule has 7 nitrogen and oxygen atoms in total. The van der Waals surface area contributed by atoms with Crippen LogP contribution in [0.2, 0.25) is 0 Å². The topological polar surface area (TPSA) is 86.4 Å². The normalized spacial score (nSPS) is 13.4. The van der Waals surface area contributed by atoms with Crippen molar-refractivity contribution in [1.82, 2.24) is 9.66 Å². The highest BCUT2D eigenvalue weighted by Crippen LogP contribution is 2.33. The molecule has 0 fully saturated rings. The van der Waals surface area contributed by atoms with Gasteiger partial charge in [-0.25, -0.2) is 9.66 Å². The highest BCUT2D eigenvalue weighted by atomic mass is 16.5. The first-order chi connectivity index (χ1) is 14.2. The van der Waals surface area contributed by atoms with E-state index in [1.807, 2.05) is 12.1 Å². The Bertz CT molecular complexity index is 1290. The van der Waals surface area contributed by atoms with Crippen molar-refractivity contribution in [3.63, 3.8) is 0 Å². The van der Waals surface area contributed by atoms with Crippen molar-refractivity contribution in [2.24, 2.45) is 0 Å². The van der Waals surface area contributed by atoms with E-state index in [1.54, 1.807) is 30.3 Å². The van der Waals surface area contributed by atoms with Crippen LogP contribution in [0.3, 0.4) is 0 Å². The van der Waals surface area contributed by atoms with Crippen LogP contribution in [0.4, 0.5) is 0 Å². The van der Waals surface area contributed by atoms with Gasteiger partial charge in [-0.3, -0.25) is 15.0 Å². The van der Waals surface area contributed by atoms with Crippen LogP contribution in [0, 0.1) is 0 Å². The predicted octanol–water partition coefficient (Wildman–Crippen LogP) is 3.17. The molecule has 0 unspecified atom stereocenters. The summed E-state index contributed by atoms with van der Waals surface area (Å²) in [4.78, 5) is 28.9. The standard InChI is InChI=1S/C22H19N3O4/c26-21(24-25-13-23-18-7-3-1-6-16(18)22(25)27)12-28-14-9-10-20-17(11-14)15-5-2-4-8-19(15)29-20/h1,3,6-7,9-11,13H,2,4-5,8,12H2,(H,24,26). The first-order valence-electron chi connectivity index (χ1n) is 9.62. The Kier molecular flexibility index (Phi) is 4.27. The number of rotatable bonds is 4. The summed E-state index contributed by atoms with van der Waals surface area (Å²) in [5.41, 5.74) is 4.85. The zero-order chi connectivity index (χ0) is 19.8. The molecule has 5 rings (SSSR count).